The van der Waals surface area contributed by atoms with Crippen LogP contribution in [-0.4, -0.2) is 5.78 Å². The highest BCUT2D eigenvalue weighted by molar-refractivity contribution is 5.84. The van der Waals surface area contributed by atoms with Crippen LogP contribution in [0.5, 0.6) is 0 Å². The Balaban J connectivity index is 2.08. The quantitative estimate of drug-likeness (QED) is 0.754. The molecule has 2 aliphatic rings. The van der Waals surface area contributed by atoms with Crippen molar-refractivity contribution < 1.29 is 4.79 Å². The Kier molecular flexibility index (Phi) is 2.97. The number of rotatable bonds is 2. The molecule has 3 rings (SSSR count). The highest BCUT2D eigenvalue weighted by Gasteiger charge is 2.54. The van der Waals surface area contributed by atoms with E-state index in [2.05, 4.69) is 52.8 Å². The Morgan fingerprint density at radius 3 is 2.10 bits per heavy atom. The zero-order valence-electron chi connectivity index (χ0n) is 14.3. The molecule has 0 heterocycles. The van der Waals surface area contributed by atoms with Crippen LogP contribution in [0.2, 0.25) is 0 Å². The molecule has 2 atom stereocenters. The lowest BCUT2D eigenvalue weighted by Crippen LogP contribution is -2.34. The van der Waals surface area contributed by atoms with Crippen molar-refractivity contribution in [2.45, 2.75) is 77.0 Å². The second-order valence-corrected chi connectivity index (χ2v) is 8.81. The topological polar surface area (TPSA) is 17.1 Å². The normalized spacial score (nSPS) is 32.4. The van der Waals surface area contributed by atoms with Crippen molar-refractivity contribution in [3.05, 3.63) is 34.9 Å². The molecular formula is C20H28O. The number of carbonyl (C=O) groups excluding carboxylic acids is 1. The third-order valence-electron chi connectivity index (χ3n) is 6.24. The van der Waals surface area contributed by atoms with E-state index in [9.17, 15) is 4.79 Å². The molecule has 114 valence electrons. The van der Waals surface area contributed by atoms with Gasteiger partial charge in [0, 0.05) is 11.3 Å². The molecule has 1 saturated carbocycles. The first kappa shape index (κ1) is 14.8. The number of hydrogen-bond donors (Lipinski definition) is 0. The first-order valence-corrected chi connectivity index (χ1v) is 8.24. The molecule has 0 saturated heterocycles. The summed E-state index contributed by atoms with van der Waals surface area (Å²) in [6, 6.07) is 7.04. The average Bonchev–Trinajstić information content (AvgIpc) is 3.09. The minimum Gasteiger partial charge on any atom is -0.300 e. The monoisotopic (exact) mass is 284 g/mol. The number of carbonyl (C=O) groups is 1. The van der Waals surface area contributed by atoms with Crippen LogP contribution in [0.15, 0.2) is 18.2 Å². The van der Waals surface area contributed by atoms with Crippen LogP contribution in [-0.2, 0) is 21.0 Å². The Labute approximate surface area is 129 Å². The van der Waals surface area contributed by atoms with Gasteiger partial charge < -0.3 is 0 Å². The average molecular weight is 284 g/mol. The summed E-state index contributed by atoms with van der Waals surface area (Å²) in [6.07, 6.45) is 3.51. The Bertz CT molecular complexity index is 608. The minimum absolute atomic E-state index is 0.0819. The number of benzene rings is 1. The third-order valence-corrected chi connectivity index (χ3v) is 6.24. The van der Waals surface area contributed by atoms with Gasteiger partial charge in [0.05, 0.1) is 0 Å². The smallest absolute Gasteiger partial charge is 0.133 e. The molecule has 1 nitrogen and oxygen atoms in total. The van der Waals surface area contributed by atoms with E-state index in [4.69, 9.17) is 0 Å². The van der Waals surface area contributed by atoms with Crippen molar-refractivity contribution in [3.8, 4) is 0 Å². The molecule has 1 fully saturated rings. The van der Waals surface area contributed by atoms with Crippen molar-refractivity contribution >= 4 is 5.78 Å². The fourth-order valence-corrected chi connectivity index (χ4v) is 4.22. The fourth-order valence-electron chi connectivity index (χ4n) is 4.22. The highest BCUT2D eigenvalue weighted by atomic mass is 16.1. The largest absolute Gasteiger partial charge is 0.300 e. The Morgan fingerprint density at radius 2 is 1.57 bits per heavy atom. The maximum atomic E-state index is 11.7. The molecule has 2 aliphatic carbocycles. The summed E-state index contributed by atoms with van der Waals surface area (Å²) >= 11 is 0. The zero-order valence-corrected chi connectivity index (χ0v) is 14.3. The van der Waals surface area contributed by atoms with E-state index >= 15 is 0 Å². The molecule has 0 radical (unpaired) electrons. The molecule has 0 unspecified atom stereocenters. The molecule has 0 aromatic heterocycles. The van der Waals surface area contributed by atoms with Crippen LogP contribution in [0.1, 0.15) is 77.5 Å². The fraction of sp³-hybridized carbons (Fsp3) is 0.650. The third kappa shape index (κ3) is 2.17. The number of hydrogen-bond acceptors (Lipinski definition) is 1. The Hall–Kier alpha value is -1.11. The van der Waals surface area contributed by atoms with Crippen LogP contribution >= 0.6 is 0 Å². The van der Waals surface area contributed by atoms with E-state index in [0.717, 1.165) is 6.42 Å². The molecule has 0 amide bonds. The van der Waals surface area contributed by atoms with Gasteiger partial charge in [-0.1, -0.05) is 52.8 Å². The number of ketones is 1. The summed E-state index contributed by atoms with van der Waals surface area (Å²) in [6.45, 7) is 13.4. The lowest BCUT2D eigenvalue weighted by atomic mass is 9.62. The molecule has 1 aromatic rings. The van der Waals surface area contributed by atoms with Gasteiger partial charge in [-0.25, -0.2) is 0 Å². The van der Waals surface area contributed by atoms with Gasteiger partial charge in [0.2, 0.25) is 0 Å². The van der Waals surface area contributed by atoms with Crippen molar-refractivity contribution in [1.29, 1.82) is 0 Å². The van der Waals surface area contributed by atoms with Gasteiger partial charge in [0.1, 0.15) is 5.78 Å². The van der Waals surface area contributed by atoms with E-state index < -0.39 is 0 Å². The molecule has 0 aliphatic heterocycles. The summed E-state index contributed by atoms with van der Waals surface area (Å²) < 4.78 is 0. The van der Waals surface area contributed by atoms with E-state index in [-0.39, 0.29) is 22.2 Å². The van der Waals surface area contributed by atoms with Crippen molar-refractivity contribution in [3.63, 3.8) is 0 Å². The first-order valence-electron chi connectivity index (χ1n) is 8.24. The predicted molar refractivity (Wildman–Crippen MR) is 87.9 cm³/mol. The standard InChI is InChI=1S/C20H28O/c1-13(21)17-12-20(17,6)14-7-8-15-16(11-14)19(4,5)10-9-18(15,2)3/h7-8,11,17H,9-10,12H2,1-6H3/t17-,20+/m0/s1. The van der Waals surface area contributed by atoms with Crippen molar-refractivity contribution in [1.82, 2.24) is 0 Å². The van der Waals surface area contributed by atoms with E-state index in [1.54, 1.807) is 6.92 Å². The molecule has 1 heteroatoms. The van der Waals surface area contributed by atoms with Crippen LogP contribution in [0.3, 0.4) is 0 Å². The maximum Gasteiger partial charge on any atom is 0.133 e. The van der Waals surface area contributed by atoms with Crippen LogP contribution in [0.4, 0.5) is 0 Å². The summed E-state index contributed by atoms with van der Waals surface area (Å²) in [5, 5.41) is 0. The summed E-state index contributed by atoms with van der Waals surface area (Å²) in [5.74, 6) is 0.574. The van der Waals surface area contributed by atoms with E-state index in [1.165, 1.54) is 29.5 Å². The molecule has 0 N–H and O–H groups in total. The number of fused-ring (bicyclic) bond motifs is 1. The summed E-state index contributed by atoms with van der Waals surface area (Å²) in [5.41, 5.74) is 4.98. The first-order chi connectivity index (χ1) is 9.58. The Morgan fingerprint density at radius 1 is 1.00 bits per heavy atom. The van der Waals surface area contributed by atoms with Crippen molar-refractivity contribution in [2.75, 3.05) is 0 Å². The molecule has 21 heavy (non-hydrogen) atoms. The lowest BCUT2D eigenvalue weighted by Gasteiger charge is -2.42. The van der Waals surface area contributed by atoms with Gasteiger partial charge in [-0.15, -0.1) is 0 Å². The number of Topliss-reactive ketones (excluding diaryl/α,β-unsaturated/α-hetero) is 1. The zero-order chi connectivity index (χ0) is 15.6. The second kappa shape index (κ2) is 4.21. The van der Waals surface area contributed by atoms with Gasteiger partial charge >= 0.3 is 0 Å². The van der Waals surface area contributed by atoms with Crippen molar-refractivity contribution in [2.24, 2.45) is 5.92 Å². The SMILES string of the molecule is CC(=O)[C@@H]1C[C@]1(C)c1ccc2c(c1)C(C)(C)CCC2(C)C. The maximum absolute atomic E-state index is 11.7. The van der Waals surface area contributed by atoms with Gasteiger partial charge in [-0.05, 0) is 53.7 Å². The van der Waals surface area contributed by atoms with Gasteiger partial charge in [-0.3, -0.25) is 4.79 Å². The summed E-state index contributed by atoms with van der Waals surface area (Å²) in [7, 11) is 0. The van der Waals surface area contributed by atoms with Crippen LogP contribution in [0.25, 0.3) is 0 Å². The predicted octanol–water partition coefficient (Wildman–Crippen LogP) is 4.90. The van der Waals surface area contributed by atoms with Crippen LogP contribution < -0.4 is 0 Å². The van der Waals surface area contributed by atoms with Gasteiger partial charge in [0.25, 0.3) is 0 Å². The summed E-state index contributed by atoms with van der Waals surface area (Å²) in [4.78, 5) is 11.7. The second-order valence-electron chi connectivity index (χ2n) is 8.81. The van der Waals surface area contributed by atoms with Crippen LogP contribution in [0, 0.1) is 5.92 Å². The van der Waals surface area contributed by atoms with Gasteiger partial charge in [-0.2, -0.15) is 0 Å². The highest BCUT2D eigenvalue weighted by Crippen LogP contribution is 2.56. The molecule has 0 spiro atoms. The van der Waals surface area contributed by atoms with E-state index in [1.807, 2.05) is 0 Å². The molecular weight excluding hydrogens is 256 g/mol. The minimum atomic E-state index is 0.0819. The van der Waals surface area contributed by atoms with Gasteiger partial charge in [0.15, 0.2) is 0 Å². The lowest BCUT2D eigenvalue weighted by molar-refractivity contribution is -0.118. The molecule has 1 aromatic carbocycles. The molecule has 0 bridgehead atoms. The van der Waals surface area contributed by atoms with E-state index in [0.29, 0.717) is 5.78 Å².